The van der Waals surface area contributed by atoms with Crippen LogP contribution in [0.4, 0.5) is 8.78 Å². The molecule has 5 heteroatoms. The molecule has 0 unspecified atom stereocenters. The van der Waals surface area contributed by atoms with Gasteiger partial charge in [0.25, 0.3) is 0 Å². The molecule has 0 atom stereocenters. The maximum atomic E-state index is 13.1. The van der Waals surface area contributed by atoms with Gasteiger partial charge in [-0.05, 0) is 61.4 Å². The van der Waals surface area contributed by atoms with E-state index in [1.54, 1.807) is 36.4 Å². The first-order valence-electron chi connectivity index (χ1n) is 7.70. The Labute approximate surface area is 154 Å². The fourth-order valence-corrected chi connectivity index (χ4v) is 5.00. The first-order chi connectivity index (χ1) is 11.8. The van der Waals surface area contributed by atoms with Crippen molar-refractivity contribution in [3.05, 3.63) is 81.1 Å². The predicted molar refractivity (Wildman–Crippen MR) is 103 cm³/mol. The summed E-state index contributed by atoms with van der Waals surface area (Å²) >= 11 is 2.99. The van der Waals surface area contributed by atoms with Crippen LogP contribution in [-0.2, 0) is 4.79 Å². The van der Waals surface area contributed by atoms with Crippen LogP contribution in [0.15, 0.2) is 58.3 Å². The van der Waals surface area contributed by atoms with Crippen molar-refractivity contribution in [2.24, 2.45) is 0 Å². The van der Waals surface area contributed by atoms with Gasteiger partial charge in [-0.25, -0.2) is 8.78 Å². The first-order valence-corrected chi connectivity index (χ1v) is 9.33. The number of hydrogen-bond donors (Lipinski definition) is 0. The minimum atomic E-state index is -0.308. The molecule has 0 saturated carbocycles. The number of carbonyl (C=O) groups is 1. The summed E-state index contributed by atoms with van der Waals surface area (Å²) in [5, 5.41) is 0. The van der Waals surface area contributed by atoms with E-state index >= 15 is 0 Å². The van der Waals surface area contributed by atoms with Crippen molar-refractivity contribution in [1.82, 2.24) is 0 Å². The zero-order valence-electron chi connectivity index (χ0n) is 13.8. The van der Waals surface area contributed by atoms with Gasteiger partial charge in [0.1, 0.15) is 11.6 Å². The third kappa shape index (κ3) is 4.61. The molecule has 1 saturated heterocycles. The van der Waals surface area contributed by atoms with Gasteiger partial charge < -0.3 is 0 Å². The molecule has 0 amide bonds. The lowest BCUT2D eigenvalue weighted by molar-refractivity contribution is -0.110. The summed E-state index contributed by atoms with van der Waals surface area (Å²) in [5.74, 6) is -0.682. The van der Waals surface area contributed by atoms with Crippen molar-refractivity contribution >= 4 is 41.5 Å². The molecule has 0 aromatic heterocycles. The summed E-state index contributed by atoms with van der Waals surface area (Å²) in [6.07, 6.45) is 3.57. The Hall–Kier alpha value is -1.85. The zero-order valence-corrected chi connectivity index (χ0v) is 15.4. The lowest BCUT2D eigenvalue weighted by Crippen LogP contribution is -2.20. The number of carbonyl (C=O) groups excluding carboxylic acids is 1. The summed E-state index contributed by atoms with van der Waals surface area (Å²) in [7, 11) is 0. The van der Waals surface area contributed by atoms with E-state index in [9.17, 15) is 13.6 Å². The second kappa shape index (κ2) is 7.18. The van der Waals surface area contributed by atoms with Crippen molar-refractivity contribution in [2.75, 3.05) is 0 Å². The van der Waals surface area contributed by atoms with E-state index in [0.717, 1.165) is 11.1 Å². The molecular weight excluding hydrogens is 358 g/mol. The monoisotopic (exact) mass is 374 g/mol. The summed E-state index contributed by atoms with van der Waals surface area (Å²) in [5.41, 5.74) is 1.56. The van der Waals surface area contributed by atoms with Gasteiger partial charge in [0.2, 0.25) is 5.78 Å². The molecule has 0 spiro atoms. The van der Waals surface area contributed by atoms with E-state index in [0.29, 0.717) is 9.81 Å². The normalized spacial score (nSPS) is 20.2. The lowest BCUT2D eigenvalue weighted by atomic mass is 10.1. The molecule has 1 heterocycles. The van der Waals surface area contributed by atoms with Crippen LogP contribution >= 0.6 is 23.5 Å². The topological polar surface area (TPSA) is 17.1 Å². The Bertz CT molecular complexity index is 781. The van der Waals surface area contributed by atoms with Crippen LogP contribution in [0.3, 0.4) is 0 Å². The molecule has 3 rings (SSSR count). The van der Waals surface area contributed by atoms with E-state index in [2.05, 4.69) is 0 Å². The molecule has 0 bridgehead atoms. The number of ketones is 1. The highest BCUT2D eigenvalue weighted by molar-refractivity contribution is 8.23. The van der Waals surface area contributed by atoms with Gasteiger partial charge in [-0.2, -0.15) is 0 Å². The Morgan fingerprint density at radius 1 is 0.760 bits per heavy atom. The molecule has 0 N–H and O–H groups in total. The van der Waals surface area contributed by atoms with E-state index in [-0.39, 0.29) is 21.5 Å². The average molecular weight is 374 g/mol. The standard InChI is InChI=1S/C20H16F2OS2/c1-20(2)24-17(11-13-3-7-15(21)8-4-13)19(23)18(25-20)12-14-5-9-16(22)10-6-14/h3-12H,1-2H3/b17-11-,18-12+. The molecule has 1 fully saturated rings. The number of thioether (sulfide) groups is 2. The maximum Gasteiger partial charge on any atom is 0.205 e. The van der Waals surface area contributed by atoms with Gasteiger partial charge in [-0.15, -0.1) is 23.5 Å². The highest BCUT2D eigenvalue weighted by atomic mass is 32.2. The van der Waals surface area contributed by atoms with Crippen LogP contribution in [0.25, 0.3) is 12.2 Å². The summed E-state index contributed by atoms with van der Waals surface area (Å²) in [6, 6.07) is 12.1. The van der Waals surface area contributed by atoms with Gasteiger partial charge >= 0.3 is 0 Å². The molecule has 2 aromatic carbocycles. The van der Waals surface area contributed by atoms with E-state index in [4.69, 9.17) is 0 Å². The van der Waals surface area contributed by atoms with Crippen molar-refractivity contribution in [1.29, 1.82) is 0 Å². The van der Waals surface area contributed by atoms with Gasteiger partial charge in [0.15, 0.2) is 0 Å². The Morgan fingerprint density at radius 3 is 1.48 bits per heavy atom. The number of Topliss-reactive ketones (excluding diaryl/α,β-unsaturated/α-hetero) is 1. The van der Waals surface area contributed by atoms with Crippen LogP contribution < -0.4 is 0 Å². The van der Waals surface area contributed by atoms with Crippen LogP contribution in [0.1, 0.15) is 25.0 Å². The molecule has 1 nitrogen and oxygen atoms in total. The van der Waals surface area contributed by atoms with Gasteiger partial charge in [-0.1, -0.05) is 24.3 Å². The first kappa shape index (κ1) is 18.0. The van der Waals surface area contributed by atoms with Crippen LogP contribution in [0.5, 0.6) is 0 Å². The van der Waals surface area contributed by atoms with Gasteiger partial charge in [0, 0.05) is 0 Å². The van der Waals surface area contributed by atoms with Crippen molar-refractivity contribution in [3.63, 3.8) is 0 Å². The Kier molecular flexibility index (Phi) is 5.16. The smallest absolute Gasteiger partial charge is 0.205 e. The molecule has 0 radical (unpaired) electrons. The molecule has 25 heavy (non-hydrogen) atoms. The average Bonchev–Trinajstić information content (AvgIpc) is 2.55. The number of hydrogen-bond acceptors (Lipinski definition) is 3. The minimum absolute atomic E-state index is 0.0667. The van der Waals surface area contributed by atoms with Crippen LogP contribution in [0.2, 0.25) is 0 Å². The number of benzene rings is 2. The van der Waals surface area contributed by atoms with E-state index < -0.39 is 0 Å². The molecule has 0 aliphatic carbocycles. The minimum Gasteiger partial charge on any atom is -0.287 e. The molecule has 128 valence electrons. The zero-order chi connectivity index (χ0) is 18.0. The Balaban J connectivity index is 1.96. The summed E-state index contributed by atoms with van der Waals surface area (Å²) < 4.78 is 25.9. The number of rotatable bonds is 2. The summed E-state index contributed by atoms with van der Waals surface area (Å²) in [6.45, 7) is 4.09. The quantitative estimate of drug-likeness (QED) is 0.589. The van der Waals surface area contributed by atoms with E-state index in [1.807, 2.05) is 13.8 Å². The highest BCUT2D eigenvalue weighted by Crippen LogP contribution is 2.51. The van der Waals surface area contributed by atoms with Crippen molar-refractivity contribution < 1.29 is 13.6 Å². The number of allylic oxidation sites excluding steroid dienone is 2. The number of halogens is 2. The lowest BCUT2D eigenvalue weighted by Gasteiger charge is -2.30. The van der Waals surface area contributed by atoms with E-state index in [1.165, 1.54) is 47.8 Å². The maximum absolute atomic E-state index is 13.1. The second-order valence-corrected chi connectivity index (χ2v) is 9.64. The van der Waals surface area contributed by atoms with Crippen molar-refractivity contribution in [3.8, 4) is 0 Å². The largest absolute Gasteiger partial charge is 0.287 e. The van der Waals surface area contributed by atoms with Crippen molar-refractivity contribution in [2.45, 2.75) is 17.9 Å². The highest BCUT2D eigenvalue weighted by Gasteiger charge is 2.34. The molecule has 1 aliphatic heterocycles. The van der Waals surface area contributed by atoms with Crippen LogP contribution in [0, 0.1) is 11.6 Å². The van der Waals surface area contributed by atoms with Gasteiger partial charge in [-0.3, -0.25) is 4.79 Å². The Morgan fingerprint density at radius 2 is 1.12 bits per heavy atom. The summed E-state index contributed by atoms with van der Waals surface area (Å²) in [4.78, 5) is 14.1. The SMILES string of the molecule is CC1(C)S/C(=C\c2ccc(F)cc2)C(=O)/C(=C\c2ccc(F)cc2)S1. The molecule has 2 aromatic rings. The molecule has 1 aliphatic rings. The fourth-order valence-electron chi connectivity index (χ4n) is 2.38. The predicted octanol–water partition coefficient (Wildman–Crippen LogP) is 6.13. The van der Waals surface area contributed by atoms with Crippen LogP contribution in [-0.4, -0.2) is 9.86 Å². The molecular formula is C20H16F2OS2. The third-order valence-corrected chi connectivity index (χ3v) is 6.02. The fraction of sp³-hybridized carbons (Fsp3) is 0.150. The third-order valence-electron chi connectivity index (χ3n) is 3.49. The second-order valence-electron chi connectivity index (χ2n) is 6.05. The van der Waals surface area contributed by atoms with Gasteiger partial charge in [0.05, 0.1) is 13.9 Å².